The van der Waals surface area contributed by atoms with Gasteiger partial charge in [0.15, 0.2) is 5.13 Å². The molecule has 1 aliphatic heterocycles. The molecular formula is C13H22N4OS. The number of nitrogens with one attached hydrogen (secondary N) is 1. The lowest BCUT2D eigenvalue weighted by atomic mass is 10.0. The average molecular weight is 282 g/mol. The van der Waals surface area contributed by atoms with Crippen molar-refractivity contribution in [1.29, 1.82) is 0 Å². The van der Waals surface area contributed by atoms with Crippen LogP contribution in [0.3, 0.4) is 0 Å². The Kier molecular flexibility index (Phi) is 4.29. The van der Waals surface area contributed by atoms with Crippen LogP contribution in [0.1, 0.15) is 43.3 Å². The molecule has 1 aromatic heterocycles. The molecule has 106 valence electrons. The summed E-state index contributed by atoms with van der Waals surface area (Å²) in [7, 11) is 0. The number of nitrogens with zero attached hydrogens (tertiary/aromatic N) is 2. The van der Waals surface area contributed by atoms with Gasteiger partial charge < -0.3 is 16.0 Å². The third-order valence-electron chi connectivity index (χ3n) is 3.51. The Hall–Kier alpha value is -1.30. The molecule has 1 atom stereocenters. The summed E-state index contributed by atoms with van der Waals surface area (Å²) in [5, 5.41) is 3.83. The van der Waals surface area contributed by atoms with Crippen molar-refractivity contribution in [3.05, 3.63) is 4.88 Å². The van der Waals surface area contributed by atoms with Gasteiger partial charge in [-0.1, -0.05) is 25.2 Å². The van der Waals surface area contributed by atoms with Gasteiger partial charge in [-0.05, 0) is 25.7 Å². The highest BCUT2D eigenvalue weighted by atomic mass is 32.1. The predicted molar refractivity (Wildman–Crippen MR) is 79.6 cm³/mol. The van der Waals surface area contributed by atoms with Crippen LogP contribution in [-0.2, 0) is 0 Å². The molecule has 1 amide bonds. The molecule has 0 radical (unpaired) electrons. The summed E-state index contributed by atoms with van der Waals surface area (Å²) in [4.78, 5) is 19.3. The number of nitrogens with two attached hydrogens (primary N) is 1. The number of carbonyl (C=O) groups is 1. The molecule has 6 heteroatoms. The maximum Gasteiger partial charge on any atom is 0.268 e. The largest absolute Gasteiger partial charge is 0.382 e. The van der Waals surface area contributed by atoms with E-state index < -0.39 is 0 Å². The number of hydrogen-bond acceptors (Lipinski definition) is 5. The molecule has 1 saturated heterocycles. The first kappa shape index (κ1) is 14.1. The van der Waals surface area contributed by atoms with Crippen molar-refractivity contribution in [2.75, 3.05) is 24.1 Å². The molecule has 2 rings (SSSR count). The lowest BCUT2D eigenvalue weighted by molar-refractivity contribution is 0.0707. The highest BCUT2D eigenvalue weighted by molar-refractivity contribution is 7.18. The summed E-state index contributed by atoms with van der Waals surface area (Å²) in [5.74, 6) is 0.865. The SMILES string of the molecule is CCNc1nc(N)c(C(=O)N2CCCC2C(C)C)s1. The molecule has 0 aliphatic carbocycles. The normalized spacial score (nSPS) is 19.2. The van der Waals surface area contributed by atoms with Crippen LogP contribution in [0.25, 0.3) is 0 Å². The molecule has 0 saturated carbocycles. The Labute approximate surface area is 118 Å². The zero-order valence-electron chi connectivity index (χ0n) is 11.8. The minimum absolute atomic E-state index is 0.0374. The van der Waals surface area contributed by atoms with E-state index in [4.69, 9.17) is 5.73 Å². The Bertz CT molecular complexity index is 457. The van der Waals surface area contributed by atoms with Gasteiger partial charge in [0.2, 0.25) is 0 Å². The van der Waals surface area contributed by atoms with E-state index in [1.54, 1.807) is 0 Å². The maximum absolute atomic E-state index is 12.6. The van der Waals surface area contributed by atoms with E-state index in [1.807, 2.05) is 11.8 Å². The standard InChI is InChI=1S/C13H22N4OS/c1-4-15-13-16-11(14)10(19-13)12(18)17-7-5-6-9(17)8(2)3/h8-9H,4-7,14H2,1-3H3,(H,15,16). The number of rotatable bonds is 4. The second kappa shape index (κ2) is 5.77. The zero-order chi connectivity index (χ0) is 14.0. The fraction of sp³-hybridized carbons (Fsp3) is 0.692. The van der Waals surface area contributed by atoms with Gasteiger partial charge >= 0.3 is 0 Å². The van der Waals surface area contributed by atoms with Crippen molar-refractivity contribution in [3.8, 4) is 0 Å². The van der Waals surface area contributed by atoms with E-state index in [0.29, 0.717) is 22.7 Å². The molecule has 5 nitrogen and oxygen atoms in total. The molecule has 1 unspecified atom stereocenters. The highest BCUT2D eigenvalue weighted by Gasteiger charge is 2.33. The summed E-state index contributed by atoms with van der Waals surface area (Å²) in [6, 6.07) is 0.330. The van der Waals surface area contributed by atoms with Crippen molar-refractivity contribution in [1.82, 2.24) is 9.88 Å². The number of likely N-dealkylation sites (tertiary alicyclic amines) is 1. The summed E-state index contributed by atoms with van der Waals surface area (Å²) in [6.45, 7) is 7.93. The monoisotopic (exact) mass is 282 g/mol. The van der Waals surface area contributed by atoms with Crippen LogP contribution in [0.5, 0.6) is 0 Å². The molecule has 1 fully saturated rings. The Morgan fingerprint density at radius 3 is 3.00 bits per heavy atom. The number of thiazole rings is 1. The second-order valence-electron chi connectivity index (χ2n) is 5.22. The van der Waals surface area contributed by atoms with Crippen molar-refractivity contribution >= 4 is 28.2 Å². The van der Waals surface area contributed by atoms with Gasteiger partial charge in [-0.3, -0.25) is 4.79 Å². The van der Waals surface area contributed by atoms with Crippen LogP contribution in [0.15, 0.2) is 0 Å². The Balaban J connectivity index is 2.19. The first-order valence-corrected chi connectivity index (χ1v) is 7.67. The van der Waals surface area contributed by atoms with Crippen molar-refractivity contribution in [3.63, 3.8) is 0 Å². The average Bonchev–Trinajstić information content (AvgIpc) is 2.95. The number of hydrogen-bond donors (Lipinski definition) is 2. The van der Waals surface area contributed by atoms with Crippen LogP contribution < -0.4 is 11.1 Å². The van der Waals surface area contributed by atoms with E-state index in [9.17, 15) is 4.79 Å². The van der Waals surface area contributed by atoms with Crippen molar-refractivity contribution in [2.24, 2.45) is 5.92 Å². The molecule has 0 aromatic carbocycles. The molecular weight excluding hydrogens is 260 g/mol. The number of amides is 1. The molecule has 2 heterocycles. The quantitative estimate of drug-likeness (QED) is 0.889. The third-order valence-corrected chi connectivity index (χ3v) is 4.52. The molecule has 3 N–H and O–H groups in total. The van der Waals surface area contributed by atoms with E-state index in [1.165, 1.54) is 11.3 Å². The Morgan fingerprint density at radius 2 is 2.37 bits per heavy atom. The smallest absolute Gasteiger partial charge is 0.268 e. The molecule has 19 heavy (non-hydrogen) atoms. The number of anilines is 2. The zero-order valence-corrected chi connectivity index (χ0v) is 12.6. The molecule has 1 aromatic rings. The summed E-state index contributed by atoms with van der Waals surface area (Å²) >= 11 is 1.35. The van der Waals surface area contributed by atoms with Crippen LogP contribution >= 0.6 is 11.3 Å². The molecule has 0 bridgehead atoms. The topological polar surface area (TPSA) is 71.2 Å². The van der Waals surface area contributed by atoms with Gasteiger partial charge in [0.25, 0.3) is 5.91 Å². The van der Waals surface area contributed by atoms with Gasteiger partial charge in [0, 0.05) is 19.1 Å². The number of nitrogen functional groups attached to an aromatic ring is 1. The maximum atomic E-state index is 12.6. The van der Waals surface area contributed by atoms with Gasteiger partial charge in [0.1, 0.15) is 10.7 Å². The predicted octanol–water partition coefficient (Wildman–Crippen LogP) is 2.42. The van der Waals surface area contributed by atoms with E-state index in [2.05, 4.69) is 24.1 Å². The van der Waals surface area contributed by atoms with Gasteiger partial charge in [-0.2, -0.15) is 0 Å². The van der Waals surface area contributed by atoms with Crippen molar-refractivity contribution < 1.29 is 4.79 Å². The van der Waals surface area contributed by atoms with Crippen LogP contribution in [-0.4, -0.2) is 34.9 Å². The first-order chi connectivity index (χ1) is 9.04. The van der Waals surface area contributed by atoms with Crippen molar-refractivity contribution in [2.45, 2.75) is 39.7 Å². The van der Waals surface area contributed by atoms with Crippen LogP contribution in [0, 0.1) is 5.92 Å². The summed E-state index contributed by atoms with van der Waals surface area (Å²) in [6.07, 6.45) is 2.16. The van der Waals surface area contributed by atoms with Gasteiger partial charge in [-0.25, -0.2) is 4.98 Å². The molecule has 1 aliphatic rings. The van der Waals surface area contributed by atoms with Gasteiger partial charge in [0.05, 0.1) is 0 Å². The van der Waals surface area contributed by atoms with Gasteiger partial charge in [-0.15, -0.1) is 0 Å². The fourth-order valence-electron chi connectivity index (χ4n) is 2.58. The van der Waals surface area contributed by atoms with E-state index in [0.717, 1.165) is 31.1 Å². The number of carbonyl (C=O) groups excluding carboxylic acids is 1. The fourth-order valence-corrected chi connectivity index (χ4v) is 3.49. The second-order valence-corrected chi connectivity index (χ2v) is 6.21. The summed E-state index contributed by atoms with van der Waals surface area (Å²) in [5.41, 5.74) is 5.87. The lowest BCUT2D eigenvalue weighted by Gasteiger charge is -2.27. The minimum Gasteiger partial charge on any atom is -0.382 e. The van der Waals surface area contributed by atoms with E-state index in [-0.39, 0.29) is 5.91 Å². The lowest BCUT2D eigenvalue weighted by Crippen LogP contribution is -2.38. The van der Waals surface area contributed by atoms with Crippen LogP contribution in [0.2, 0.25) is 0 Å². The minimum atomic E-state index is 0.0374. The number of aromatic nitrogens is 1. The van der Waals surface area contributed by atoms with Crippen LogP contribution in [0.4, 0.5) is 10.9 Å². The summed E-state index contributed by atoms with van der Waals surface area (Å²) < 4.78 is 0. The third kappa shape index (κ3) is 2.83. The first-order valence-electron chi connectivity index (χ1n) is 6.85. The highest BCUT2D eigenvalue weighted by Crippen LogP contribution is 2.31. The Morgan fingerprint density at radius 1 is 1.63 bits per heavy atom. The molecule has 0 spiro atoms. The van der Waals surface area contributed by atoms with E-state index >= 15 is 0 Å².